The number of hydrogen-bond acceptors (Lipinski definition) is 5. The maximum atomic E-state index is 13.6. The van der Waals surface area contributed by atoms with Crippen LogP contribution in [0.15, 0.2) is 47.1 Å². The summed E-state index contributed by atoms with van der Waals surface area (Å²) in [6, 6.07) is 9.39. The van der Waals surface area contributed by atoms with E-state index in [0.29, 0.717) is 16.5 Å². The van der Waals surface area contributed by atoms with E-state index in [9.17, 15) is 18.4 Å². The first-order chi connectivity index (χ1) is 15.7. The Hall–Kier alpha value is -3.18. The first-order valence-corrected chi connectivity index (χ1v) is 11.4. The Balaban J connectivity index is 1.89. The van der Waals surface area contributed by atoms with Gasteiger partial charge in [0.1, 0.15) is 21.4 Å². The molecule has 1 unspecified atom stereocenters. The van der Waals surface area contributed by atoms with Crippen LogP contribution < -0.4 is 11.1 Å². The number of thiophene rings is 1. The normalized spacial score (nSPS) is 12.3. The number of amides is 2. The average Bonchev–Trinajstić information content (AvgIpc) is 3.33. The predicted molar refractivity (Wildman–Crippen MR) is 127 cm³/mol. The summed E-state index contributed by atoms with van der Waals surface area (Å²) >= 11 is 4.23. The van der Waals surface area contributed by atoms with Crippen molar-refractivity contribution in [3.8, 4) is 11.1 Å². The minimum absolute atomic E-state index is 0.0278. The summed E-state index contributed by atoms with van der Waals surface area (Å²) in [5, 5.41) is 7.36. The van der Waals surface area contributed by atoms with Crippen LogP contribution in [0, 0.1) is 6.92 Å². The van der Waals surface area contributed by atoms with Crippen molar-refractivity contribution in [3.05, 3.63) is 63.3 Å². The molecule has 0 fully saturated rings. The van der Waals surface area contributed by atoms with Crippen LogP contribution in [-0.4, -0.2) is 26.6 Å². The molecule has 4 aromatic rings. The summed E-state index contributed by atoms with van der Waals surface area (Å²) < 4.78 is 29.4. The topological polar surface area (TPSA) is 103 Å². The number of nitrogens with zero attached hydrogens (tertiary/aromatic N) is 3. The van der Waals surface area contributed by atoms with Gasteiger partial charge in [0.2, 0.25) is 5.91 Å². The molecule has 1 atom stereocenters. The molecule has 0 radical (unpaired) electrons. The highest BCUT2D eigenvalue weighted by molar-refractivity contribution is 9.10. The SMILES string of the molecule is Cc1c(Br)cnn1C(C)C(=O)Nc1c(C(N)=O)sc2nc(C(F)F)cc(-c3ccccc3)c12. The molecular formula is C22H18BrF2N5O2S. The number of nitrogens with one attached hydrogen (secondary N) is 1. The Morgan fingerprint density at radius 2 is 1.94 bits per heavy atom. The van der Waals surface area contributed by atoms with Crippen LogP contribution in [0.1, 0.15) is 40.5 Å². The molecule has 0 spiro atoms. The molecule has 170 valence electrons. The maximum absolute atomic E-state index is 13.6. The fourth-order valence-electron chi connectivity index (χ4n) is 3.50. The van der Waals surface area contributed by atoms with Crippen LogP contribution in [0.25, 0.3) is 21.3 Å². The van der Waals surface area contributed by atoms with E-state index in [1.54, 1.807) is 50.4 Å². The van der Waals surface area contributed by atoms with Gasteiger partial charge in [-0.05, 0) is 47.0 Å². The largest absolute Gasteiger partial charge is 0.365 e. The maximum Gasteiger partial charge on any atom is 0.280 e. The molecule has 0 aliphatic carbocycles. The lowest BCUT2D eigenvalue weighted by Gasteiger charge is -2.16. The fourth-order valence-corrected chi connectivity index (χ4v) is 4.79. The number of aromatic nitrogens is 3. The number of fused-ring (bicyclic) bond motifs is 1. The van der Waals surface area contributed by atoms with E-state index >= 15 is 0 Å². The fraction of sp³-hybridized carbons (Fsp3) is 0.182. The second kappa shape index (κ2) is 8.99. The Kier molecular flexibility index (Phi) is 6.26. The lowest BCUT2D eigenvalue weighted by atomic mass is 10.0. The van der Waals surface area contributed by atoms with E-state index in [2.05, 4.69) is 31.3 Å². The Labute approximate surface area is 199 Å². The smallest absolute Gasteiger partial charge is 0.280 e. The molecule has 0 saturated carbocycles. The van der Waals surface area contributed by atoms with Gasteiger partial charge in [0.15, 0.2) is 0 Å². The number of halogens is 3. The number of carbonyl (C=O) groups is 2. The summed E-state index contributed by atoms with van der Waals surface area (Å²) in [6.45, 7) is 3.46. The van der Waals surface area contributed by atoms with Crippen molar-refractivity contribution in [2.75, 3.05) is 5.32 Å². The van der Waals surface area contributed by atoms with Gasteiger partial charge in [-0.25, -0.2) is 13.8 Å². The van der Waals surface area contributed by atoms with Crippen molar-refractivity contribution in [3.63, 3.8) is 0 Å². The molecule has 33 heavy (non-hydrogen) atoms. The molecule has 3 aromatic heterocycles. The van der Waals surface area contributed by atoms with E-state index in [1.807, 2.05) is 0 Å². The van der Waals surface area contributed by atoms with Gasteiger partial charge in [0.25, 0.3) is 12.3 Å². The first kappa shape index (κ1) is 23.0. The predicted octanol–water partition coefficient (Wildman–Crippen LogP) is 5.47. The summed E-state index contributed by atoms with van der Waals surface area (Å²) in [5.74, 6) is -1.25. The zero-order valence-electron chi connectivity index (χ0n) is 17.5. The highest BCUT2D eigenvalue weighted by Gasteiger charge is 2.27. The molecule has 0 aliphatic rings. The van der Waals surface area contributed by atoms with Gasteiger partial charge >= 0.3 is 0 Å². The summed E-state index contributed by atoms with van der Waals surface area (Å²) in [5.41, 5.74) is 7.09. The molecule has 2 amide bonds. The van der Waals surface area contributed by atoms with Gasteiger partial charge < -0.3 is 11.1 Å². The van der Waals surface area contributed by atoms with Crippen LogP contribution in [0.4, 0.5) is 14.5 Å². The number of benzene rings is 1. The Morgan fingerprint density at radius 3 is 2.52 bits per heavy atom. The van der Waals surface area contributed by atoms with Gasteiger partial charge in [-0.2, -0.15) is 5.10 Å². The van der Waals surface area contributed by atoms with Crippen molar-refractivity contribution in [1.82, 2.24) is 14.8 Å². The third-order valence-electron chi connectivity index (χ3n) is 5.19. The number of carbonyl (C=O) groups excluding carboxylic acids is 2. The van der Waals surface area contributed by atoms with Crippen molar-refractivity contribution in [2.24, 2.45) is 5.73 Å². The van der Waals surface area contributed by atoms with Crippen LogP contribution in [0.2, 0.25) is 0 Å². The number of hydrogen-bond donors (Lipinski definition) is 2. The van der Waals surface area contributed by atoms with E-state index in [-0.39, 0.29) is 15.4 Å². The molecule has 7 nitrogen and oxygen atoms in total. The minimum atomic E-state index is -2.81. The third kappa shape index (κ3) is 4.25. The number of rotatable bonds is 6. The first-order valence-electron chi connectivity index (χ1n) is 9.80. The van der Waals surface area contributed by atoms with Crippen molar-refractivity contribution >= 4 is 55.0 Å². The van der Waals surface area contributed by atoms with Gasteiger partial charge in [-0.15, -0.1) is 11.3 Å². The molecule has 4 rings (SSSR count). The van der Waals surface area contributed by atoms with Crippen LogP contribution in [0.3, 0.4) is 0 Å². The molecule has 3 heterocycles. The van der Waals surface area contributed by atoms with Crippen LogP contribution in [0.5, 0.6) is 0 Å². The van der Waals surface area contributed by atoms with Crippen molar-refractivity contribution in [2.45, 2.75) is 26.3 Å². The van der Waals surface area contributed by atoms with E-state index in [0.717, 1.165) is 21.5 Å². The average molecular weight is 534 g/mol. The molecular weight excluding hydrogens is 516 g/mol. The minimum Gasteiger partial charge on any atom is -0.365 e. The van der Waals surface area contributed by atoms with Gasteiger partial charge in [0.05, 0.1) is 22.1 Å². The lowest BCUT2D eigenvalue weighted by molar-refractivity contribution is -0.119. The summed E-state index contributed by atoms with van der Waals surface area (Å²) in [7, 11) is 0. The van der Waals surface area contributed by atoms with Crippen molar-refractivity contribution in [1.29, 1.82) is 0 Å². The van der Waals surface area contributed by atoms with E-state index < -0.39 is 30.0 Å². The third-order valence-corrected chi connectivity index (χ3v) is 7.07. The highest BCUT2D eigenvalue weighted by Crippen LogP contribution is 2.42. The van der Waals surface area contributed by atoms with Gasteiger partial charge in [-0.1, -0.05) is 30.3 Å². The number of pyridine rings is 1. The number of nitrogens with two attached hydrogens (primary N) is 1. The van der Waals surface area contributed by atoms with E-state index in [4.69, 9.17) is 5.73 Å². The lowest BCUT2D eigenvalue weighted by Crippen LogP contribution is -2.26. The van der Waals surface area contributed by atoms with Gasteiger partial charge in [-0.3, -0.25) is 14.3 Å². The molecule has 3 N–H and O–H groups in total. The summed E-state index contributed by atoms with van der Waals surface area (Å²) in [4.78, 5) is 29.6. The highest BCUT2D eigenvalue weighted by atomic mass is 79.9. The number of primary amides is 1. The standard InChI is InChI=1S/C22H18BrF2N5O2S/c1-10-14(23)9-27-30(10)11(2)21(32)29-17-16-13(12-6-4-3-5-7-12)8-15(19(24)25)28-22(16)33-18(17)20(26)31/h3-9,11,19H,1-2H3,(H2,26,31)(H,29,32). The Morgan fingerprint density at radius 1 is 1.24 bits per heavy atom. The van der Waals surface area contributed by atoms with Gasteiger partial charge in [0, 0.05) is 5.39 Å². The second-order valence-electron chi connectivity index (χ2n) is 7.30. The number of alkyl halides is 2. The van der Waals surface area contributed by atoms with E-state index in [1.165, 1.54) is 10.7 Å². The Bertz CT molecular complexity index is 1370. The summed E-state index contributed by atoms with van der Waals surface area (Å²) in [6.07, 6.45) is -1.23. The molecule has 0 aliphatic heterocycles. The molecule has 0 bridgehead atoms. The monoisotopic (exact) mass is 533 g/mol. The molecule has 11 heteroatoms. The quantitative estimate of drug-likeness (QED) is 0.343. The number of anilines is 1. The molecule has 1 aromatic carbocycles. The van der Waals surface area contributed by atoms with Crippen LogP contribution >= 0.6 is 27.3 Å². The zero-order chi connectivity index (χ0) is 23.9. The zero-order valence-corrected chi connectivity index (χ0v) is 19.9. The van der Waals surface area contributed by atoms with Crippen LogP contribution in [-0.2, 0) is 4.79 Å². The second-order valence-corrected chi connectivity index (χ2v) is 9.15. The molecule has 0 saturated heterocycles. The van der Waals surface area contributed by atoms with Crippen molar-refractivity contribution < 1.29 is 18.4 Å².